The van der Waals surface area contributed by atoms with Crippen molar-refractivity contribution in [3.05, 3.63) is 29.3 Å². The van der Waals surface area contributed by atoms with E-state index in [1.807, 2.05) is 6.07 Å². The van der Waals surface area contributed by atoms with E-state index in [1.165, 1.54) is 6.42 Å². The summed E-state index contributed by atoms with van der Waals surface area (Å²) in [6.07, 6.45) is -2.64. The Bertz CT molecular complexity index is 580. The smallest absolute Gasteiger partial charge is 0.384 e. The molecule has 0 spiro atoms. The molecule has 2 heterocycles. The van der Waals surface area contributed by atoms with Crippen LogP contribution in [0.25, 0.3) is 0 Å². The predicted molar refractivity (Wildman–Crippen MR) is 86.9 cm³/mol. The molecule has 1 aromatic rings. The molecule has 2 aliphatic rings. The van der Waals surface area contributed by atoms with Crippen molar-refractivity contribution in [1.29, 1.82) is 0 Å². The molecule has 2 nitrogen and oxygen atoms in total. The van der Waals surface area contributed by atoms with Crippen molar-refractivity contribution in [3.8, 4) is 0 Å². The molecule has 0 aliphatic carbocycles. The largest absolute Gasteiger partial charge is 0.393 e. The lowest BCUT2D eigenvalue weighted by molar-refractivity contribution is -0.127. The summed E-state index contributed by atoms with van der Waals surface area (Å²) >= 11 is 0. The number of hydrogen-bond acceptors (Lipinski definition) is 2. The zero-order valence-electron chi connectivity index (χ0n) is 14.0. The quantitative estimate of drug-likeness (QED) is 0.884. The minimum atomic E-state index is -4.16. The van der Waals surface area contributed by atoms with Crippen LogP contribution in [0.1, 0.15) is 43.7 Å². The maximum atomic E-state index is 12.7. The van der Waals surface area contributed by atoms with E-state index < -0.39 is 12.6 Å². The van der Waals surface area contributed by atoms with E-state index >= 15 is 0 Å². The van der Waals surface area contributed by atoms with Gasteiger partial charge in [0.1, 0.15) is 0 Å². The molecular weight excluding hydrogens is 301 g/mol. The van der Waals surface area contributed by atoms with Crippen LogP contribution in [0.15, 0.2) is 18.2 Å². The maximum Gasteiger partial charge on any atom is 0.393 e. The Kier molecular flexibility index (Phi) is 4.11. The van der Waals surface area contributed by atoms with Crippen LogP contribution in [0.4, 0.5) is 18.9 Å². The first kappa shape index (κ1) is 16.6. The summed E-state index contributed by atoms with van der Waals surface area (Å²) in [4.78, 5) is 2.40. The molecule has 3 rings (SSSR count). The van der Waals surface area contributed by atoms with Crippen LogP contribution in [0.5, 0.6) is 0 Å². The number of hydrogen-bond donors (Lipinski definition) is 1. The fraction of sp³-hybridized carbons (Fsp3) is 0.667. The van der Waals surface area contributed by atoms with Gasteiger partial charge in [0.05, 0.1) is 6.42 Å². The van der Waals surface area contributed by atoms with E-state index in [1.54, 1.807) is 12.1 Å². The Balaban J connectivity index is 1.89. The number of alkyl halides is 3. The number of anilines is 1. The topological polar surface area (TPSA) is 15.3 Å². The van der Waals surface area contributed by atoms with Crippen LogP contribution in [0, 0.1) is 5.41 Å². The predicted octanol–water partition coefficient (Wildman–Crippen LogP) is 4.42. The first-order valence-electron chi connectivity index (χ1n) is 8.32. The normalized spacial score (nSPS) is 25.5. The van der Waals surface area contributed by atoms with Gasteiger partial charge in [-0.05, 0) is 49.0 Å². The first-order chi connectivity index (χ1) is 10.7. The summed E-state index contributed by atoms with van der Waals surface area (Å²) < 4.78 is 38.1. The third-order valence-electron chi connectivity index (χ3n) is 5.67. The Morgan fingerprint density at radius 2 is 2.00 bits per heavy atom. The molecule has 128 valence electrons. The molecular formula is C18H25F3N2. The van der Waals surface area contributed by atoms with Gasteiger partial charge >= 0.3 is 6.18 Å². The summed E-state index contributed by atoms with van der Waals surface area (Å²) in [5.74, 6) is 0.247. The molecule has 1 N–H and O–H groups in total. The second-order valence-corrected chi connectivity index (χ2v) is 7.61. The number of rotatable bonds is 3. The van der Waals surface area contributed by atoms with Crippen molar-refractivity contribution >= 4 is 5.69 Å². The van der Waals surface area contributed by atoms with Crippen molar-refractivity contribution in [2.75, 3.05) is 25.5 Å². The molecule has 2 atom stereocenters. The van der Waals surface area contributed by atoms with Crippen LogP contribution in [-0.4, -0.2) is 37.3 Å². The fourth-order valence-corrected chi connectivity index (χ4v) is 4.47. The van der Waals surface area contributed by atoms with Crippen LogP contribution in [0.2, 0.25) is 0 Å². The highest BCUT2D eigenvalue weighted by Crippen LogP contribution is 2.48. The van der Waals surface area contributed by atoms with Gasteiger partial charge in [0.15, 0.2) is 0 Å². The average Bonchev–Trinajstić information content (AvgIpc) is 3.02. The molecule has 23 heavy (non-hydrogen) atoms. The molecule has 5 heteroatoms. The lowest BCUT2D eigenvalue weighted by Crippen LogP contribution is -2.43. The van der Waals surface area contributed by atoms with Gasteiger partial charge in [-0.15, -0.1) is 0 Å². The molecule has 0 amide bonds. The number of fused-ring (bicyclic) bond motifs is 1. The van der Waals surface area contributed by atoms with Crippen molar-refractivity contribution in [1.82, 2.24) is 4.90 Å². The molecule has 1 fully saturated rings. The molecule has 1 aromatic carbocycles. The Labute approximate surface area is 136 Å². The number of likely N-dealkylation sites (tertiary alicyclic amines) is 1. The van der Waals surface area contributed by atoms with Crippen molar-refractivity contribution in [2.45, 2.75) is 51.2 Å². The minimum Gasteiger partial charge on any atom is -0.384 e. The van der Waals surface area contributed by atoms with Crippen LogP contribution in [0.3, 0.4) is 0 Å². The van der Waals surface area contributed by atoms with Crippen LogP contribution >= 0.6 is 0 Å². The summed E-state index contributed by atoms with van der Waals surface area (Å²) in [5.41, 5.74) is 2.44. The Morgan fingerprint density at radius 3 is 2.61 bits per heavy atom. The second kappa shape index (κ2) is 5.69. The van der Waals surface area contributed by atoms with E-state index in [0.29, 0.717) is 11.6 Å². The highest BCUT2D eigenvalue weighted by molar-refractivity contribution is 5.59. The van der Waals surface area contributed by atoms with Gasteiger partial charge in [0, 0.05) is 24.2 Å². The molecule has 0 bridgehead atoms. The van der Waals surface area contributed by atoms with E-state index in [4.69, 9.17) is 0 Å². The van der Waals surface area contributed by atoms with Crippen LogP contribution < -0.4 is 5.32 Å². The van der Waals surface area contributed by atoms with E-state index in [-0.39, 0.29) is 11.3 Å². The molecule has 1 saturated heterocycles. The van der Waals surface area contributed by atoms with Crippen molar-refractivity contribution in [3.63, 3.8) is 0 Å². The van der Waals surface area contributed by atoms with Gasteiger partial charge in [-0.2, -0.15) is 13.2 Å². The van der Waals surface area contributed by atoms with E-state index in [9.17, 15) is 13.2 Å². The molecule has 2 aliphatic heterocycles. The standard InChI is InChI=1S/C18H25F3N2/c1-17(2,16-5-4-8-23(16)3)14-11-22-15-7-6-12(9-13(14)15)10-18(19,20)21/h6-7,9,14,16,22H,4-5,8,10-11H2,1-3H3/t14?,16-/m1/s1. The Morgan fingerprint density at radius 1 is 1.26 bits per heavy atom. The number of nitrogens with zero attached hydrogens (tertiary/aromatic N) is 1. The van der Waals surface area contributed by atoms with Crippen molar-refractivity contribution in [2.24, 2.45) is 5.41 Å². The fourth-order valence-electron chi connectivity index (χ4n) is 4.47. The van der Waals surface area contributed by atoms with Gasteiger partial charge in [-0.1, -0.05) is 26.0 Å². The average molecular weight is 326 g/mol. The number of halogens is 3. The zero-order valence-corrected chi connectivity index (χ0v) is 14.0. The second-order valence-electron chi connectivity index (χ2n) is 7.61. The summed E-state index contributed by atoms with van der Waals surface area (Å²) in [6.45, 7) is 6.44. The van der Waals surface area contributed by atoms with Crippen LogP contribution in [-0.2, 0) is 6.42 Å². The molecule has 0 aromatic heterocycles. The zero-order chi connectivity index (χ0) is 16.8. The van der Waals surface area contributed by atoms with Gasteiger partial charge < -0.3 is 10.2 Å². The van der Waals surface area contributed by atoms with Crippen molar-refractivity contribution < 1.29 is 13.2 Å². The molecule has 1 unspecified atom stereocenters. The summed E-state index contributed by atoms with van der Waals surface area (Å²) in [7, 11) is 2.16. The SMILES string of the molecule is CN1CCC[C@@H]1C(C)(C)C1CNc2ccc(CC(F)(F)F)cc21. The number of nitrogens with one attached hydrogen (secondary N) is 1. The number of benzene rings is 1. The third-order valence-corrected chi connectivity index (χ3v) is 5.67. The lowest BCUT2D eigenvalue weighted by Gasteiger charge is -2.41. The molecule has 0 radical (unpaired) electrons. The highest BCUT2D eigenvalue weighted by Gasteiger charge is 2.44. The van der Waals surface area contributed by atoms with Gasteiger partial charge in [0.25, 0.3) is 0 Å². The Hall–Kier alpha value is -1.23. The maximum absolute atomic E-state index is 12.7. The highest BCUT2D eigenvalue weighted by atomic mass is 19.4. The van der Waals surface area contributed by atoms with E-state index in [2.05, 4.69) is 31.1 Å². The van der Waals surface area contributed by atoms with Gasteiger partial charge in [-0.25, -0.2) is 0 Å². The van der Waals surface area contributed by atoms with Gasteiger partial charge in [0.2, 0.25) is 0 Å². The summed E-state index contributed by atoms with van der Waals surface area (Å²) in [6, 6.07) is 5.65. The minimum absolute atomic E-state index is 0.0281. The van der Waals surface area contributed by atoms with Gasteiger partial charge in [-0.3, -0.25) is 0 Å². The lowest BCUT2D eigenvalue weighted by atomic mass is 9.70. The summed E-state index contributed by atoms with van der Waals surface area (Å²) in [5, 5.41) is 3.38. The third kappa shape index (κ3) is 3.21. The molecule has 0 saturated carbocycles. The van der Waals surface area contributed by atoms with E-state index in [0.717, 1.165) is 30.8 Å². The monoisotopic (exact) mass is 326 g/mol. The first-order valence-corrected chi connectivity index (χ1v) is 8.32.